The zero-order valence-electron chi connectivity index (χ0n) is 17.8. The van der Waals surface area contributed by atoms with Crippen LogP contribution < -0.4 is 15.5 Å². The lowest BCUT2D eigenvalue weighted by Crippen LogP contribution is -2.47. The second-order valence-corrected chi connectivity index (χ2v) is 8.77. The van der Waals surface area contributed by atoms with Crippen molar-refractivity contribution < 1.29 is 4.39 Å². The van der Waals surface area contributed by atoms with Crippen LogP contribution >= 0.6 is 11.6 Å². The highest BCUT2D eigenvalue weighted by Gasteiger charge is 2.24. The molecule has 168 valence electrons. The first-order valence-corrected chi connectivity index (χ1v) is 11.4. The standard InChI is InChI=1S/C22H26ClFN8/c23-17-11-16(1-2-18(17)24)29-21-20-19(27-14-28-21)12-26-22(30-20)32-7-3-15(4-8-32)13-31-9-5-25-6-10-31/h1-2,11-12,14-15,25H,3-10,13H2,(H,27,28,29). The van der Waals surface area contributed by atoms with Crippen LogP contribution in [0.3, 0.4) is 0 Å². The fourth-order valence-corrected chi connectivity index (χ4v) is 4.55. The minimum absolute atomic E-state index is 0.0485. The number of hydrogen-bond donors (Lipinski definition) is 2. The van der Waals surface area contributed by atoms with Crippen LogP contribution in [-0.4, -0.2) is 70.6 Å². The number of aromatic nitrogens is 4. The lowest BCUT2D eigenvalue weighted by molar-refractivity contribution is 0.190. The number of rotatable bonds is 5. The van der Waals surface area contributed by atoms with Crippen LogP contribution in [0.15, 0.2) is 30.7 Å². The first-order valence-electron chi connectivity index (χ1n) is 11.0. The van der Waals surface area contributed by atoms with Crippen LogP contribution in [0.5, 0.6) is 0 Å². The number of anilines is 3. The molecular formula is C22H26ClFN8. The van der Waals surface area contributed by atoms with Crippen molar-refractivity contribution in [3.63, 3.8) is 0 Å². The molecular weight excluding hydrogens is 431 g/mol. The molecule has 2 saturated heterocycles. The Morgan fingerprint density at radius 2 is 1.91 bits per heavy atom. The van der Waals surface area contributed by atoms with Crippen molar-refractivity contribution in [2.24, 2.45) is 5.92 Å². The summed E-state index contributed by atoms with van der Waals surface area (Å²) >= 11 is 5.91. The second kappa shape index (κ2) is 9.48. The van der Waals surface area contributed by atoms with Crippen molar-refractivity contribution in [1.82, 2.24) is 30.2 Å². The summed E-state index contributed by atoms with van der Waals surface area (Å²) in [5.74, 6) is 1.48. The highest BCUT2D eigenvalue weighted by molar-refractivity contribution is 6.31. The maximum Gasteiger partial charge on any atom is 0.226 e. The smallest absolute Gasteiger partial charge is 0.226 e. The molecule has 0 unspecified atom stereocenters. The summed E-state index contributed by atoms with van der Waals surface area (Å²) < 4.78 is 13.5. The van der Waals surface area contributed by atoms with Crippen molar-refractivity contribution in [3.8, 4) is 0 Å². The Labute approximate surface area is 191 Å². The number of halogens is 2. The summed E-state index contributed by atoms with van der Waals surface area (Å²) in [5.41, 5.74) is 1.90. The number of nitrogens with one attached hydrogen (secondary N) is 2. The van der Waals surface area contributed by atoms with Gasteiger partial charge in [-0.15, -0.1) is 0 Å². The summed E-state index contributed by atoms with van der Waals surface area (Å²) in [6.45, 7) is 7.51. The quantitative estimate of drug-likeness (QED) is 0.606. The first kappa shape index (κ1) is 21.2. The summed E-state index contributed by atoms with van der Waals surface area (Å²) in [6.07, 6.45) is 5.46. The minimum atomic E-state index is -0.463. The van der Waals surface area contributed by atoms with Crippen molar-refractivity contribution in [1.29, 1.82) is 0 Å². The number of nitrogens with zero attached hydrogens (tertiary/aromatic N) is 6. The van der Waals surface area contributed by atoms with E-state index in [2.05, 4.69) is 35.4 Å². The Morgan fingerprint density at radius 1 is 1.09 bits per heavy atom. The van der Waals surface area contributed by atoms with Gasteiger partial charge in [-0.25, -0.2) is 24.3 Å². The molecule has 10 heteroatoms. The Hall–Kier alpha value is -2.62. The lowest BCUT2D eigenvalue weighted by Gasteiger charge is -2.36. The average molecular weight is 457 g/mol. The van der Waals surface area contributed by atoms with E-state index in [1.165, 1.54) is 25.0 Å². The number of piperidine rings is 1. The number of fused-ring (bicyclic) bond motifs is 1. The third-order valence-corrected chi connectivity index (χ3v) is 6.46. The topological polar surface area (TPSA) is 82.1 Å². The van der Waals surface area contributed by atoms with E-state index in [9.17, 15) is 4.39 Å². The summed E-state index contributed by atoms with van der Waals surface area (Å²) in [7, 11) is 0. The summed E-state index contributed by atoms with van der Waals surface area (Å²) in [5, 5.41) is 6.64. The minimum Gasteiger partial charge on any atom is -0.341 e. The van der Waals surface area contributed by atoms with E-state index in [0.29, 0.717) is 34.4 Å². The molecule has 2 aliphatic rings. The Kier molecular flexibility index (Phi) is 6.29. The fraction of sp³-hybridized carbons (Fsp3) is 0.455. The molecule has 32 heavy (non-hydrogen) atoms. The van der Waals surface area contributed by atoms with Gasteiger partial charge in [0, 0.05) is 51.5 Å². The number of benzene rings is 1. The van der Waals surface area contributed by atoms with Gasteiger partial charge >= 0.3 is 0 Å². The average Bonchev–Trinajstić information content (AvgIpc) is 2.83. The van der Waals surface area contributed by atoms with E-state index in [0.717, 1.165) is 52.1 Å². The molecule has 0 spiro atoms. The maximum absolute atomic E-state index is 13.5. The predicted molar refractivity (Wildman–Crippen MR) is 124 cm³/mol. The second-order valence-electron chi connectivity index (χ2n) is 8.36. The van der Waals surface area contributed by atoms with Crippen LogP contribution in [0.4, 0.5) is 21.8 Å². The van der Waals surface area contributed by atoms with E-state index >= 15 is 0 Å². The van der Waals surface area contributed by atoms with E-state index in [4.69, 9.17) is 16.6 Å². The van der Waals surface area contributed by atoms with Gasteiger partial charge in [0.2, 0.25) is 5.95 Å². The van der Waals surface area contributed by atoms with Gasteiger partial charge in [0.25, 0.3) is 0 Å². The largest absolute Gasteiger partial charge is 0.341 e. The summed E-state index contributed by atoms with van der Waals surface area (Å²) in [6, 6.07) is 4.45. The predicted octanol–water partition coefficient (Wildman–Crippen LogP) is 3.08. The van der Waals surface area contributed by atoms with Gasteiger partial charge in [0.15, 0.2) is 5.82 Å². The Morgan fingerprint density at radius 3 is 2.69 bits per heavy atom. The van der Waals surface area contributed by atoms with E-state index in [-0.39, 0.29) is 5.02 Å². The molecule has 1 aromatic carbocycles. The van der Waals surface area contributed by atoms with Crippen molar-refractivity contribution in [2.45, 2.75) is 12.8 Å². The van der Waals surface area contributed by atoms with Gasteiger partial charge in [-0.1, -0.05) is 11.6 Å². The first-order chi connectivity index (χ1) is 15.7. The molecule has 0 bridgehead atoms. The van der Waals surface area contributed by atoms with Gasteiger partial charge in [-0.2, -0.15) is 0 Å². The molecule has 0 aliphatic carbocycles. The van der Waals surface area contributed by atoms with E-state index in [1.807, 2.05) is 0 Å². The highest BCUT2D eigenvalue weighted by Crippen LogP contribution is 2.27. The number of piperazine rings is 1. The Balaban J connectivity index is 1.30. The van der Waals surface area contributed by atoms with E-state index < -0.39 is 5.82 Å². The van der Waals surface area contributed by atoms with Crippen LogP contribution in [0, 0.1) is 11.7 Å². The molecule has 0 radical (unpaired) electrons. The third-order valence-electron chi connectivity index (χ3n) is 6.17. The zero-order chi connectivity index (χ0) is 21.9. The molecule has 2 fully saturated rings. The van der Waals surface area contributed by atoms with Gasteiger partial charge in [0.1, 0.15) is 23.2 Å². The van der Waals surface area contributed by atoms with Crippen LogP contribution in [0.2, 0.25) is 5.02 Å². The van der Waals surface area contributed by atoms with Gasteiger partial charge in [-0.05, 0) is 37.0 Å². The molecule has 0 saturated carbocycles. The lowest BCUT2D eigenvalue weighted by atomic mass is 9.96. The molecule has 2 N–H and O–H groups in total. The van der Waals surface area contributed by atoms with Crippen molar-refractivity contribution in [2.75, 3.05) is 56.0 Å². The van der Waals surface area contributed by atoms with E-state index in [1.54, 1.807) is 12.3 Å². The molecule has 0 atom stereocenters. The molecule has 0 amide bonds. The molecule has 3 aromatic rings. The Bertz CT molecular complexity index is 1080. The molecule has 8 nitrogen and oxygen atoms in total. The fourth-order valence-electron chi connectivity index (χ4n) is 4.37. The van der Waals surface area contributed by atoms with Gasteiger partial charge in [-0.3, -0.25) is 0 Å². The highest BCUT2D eigenvalue weighted by atomic mass is 35.5. The SMILES string of the molecule is Fc1ccc(Nc2ncnc3cnc(N4CCC(CN5CCNCC5)CC4)nc23)cc1Cl. The number of hydrogen-bond acceptors (Lipinski definition) is 8. The van der Waals surface area contributed by atoms with Gasteiger partial charge < -0.3 is 20.4 Å². The van der Waals surface area contributed by atoms with Gasteiger partial charge in [0.05, 0.1) is 11.2 Å². The summed E-state index contributed by atoms with van der Waals surface area (Å²) in [4.78, 5) is 22.8. The maximum atomic E-state index is 13.5. The normalized spacial score (nSPS) is 18.2. The molecule has 2 aliphatic heterocycles. The van der Waals surface area contributed by atoms with Crippen LogP contribution in [-0.2, 0) is 0 Å². The molecule has 2 aromatic heterocycles. The molecule has 5 rings (SSSR count). The van der Waals surface area contributed by atoms with Crippen molar-refractivity contribution in [3.05, 3.63) is 41.6 Å². The third kappa shape index (κ3) is 4.74. The van der Waals surface area contributed by atoms with Crippen LogP contribution in [0.25, 0.3) is 11.0 Å². The van der Waals surface area contributed by atoms with Crippen LogP contribution in [0.1, 0.15) is 12.8 Å². The molecule has 4 heterocycles. The van der Waals surface area contributed by atoms with Crippen molar-refractivity contribution >= 4 is 40.1 Å². The zero-order valence-corrected chi connectivity index (χ0v) is 18.5. The monoisotopic (exact) mass is 456 g/mol.